The highest BCUT2D eigenvalue weighted by molar-refractivity contribution is 7.92. The molecule has 37 heavy (non-hydrogen) atoms. The van der Waals surface area contributed by atoms with Gasteiger partial charge in [0, 0.05) is 12.2 Å². The van der Waals surface area contributed by atoms with Crippen molar-refractivity contribution in [1.82, 2.24) is 4.98 Å². The number of ether oxygens (including phenoxy) is 2. The molecule has 1 heterocycles. The number of anilines is 2. The topological polar surface area (TPSA) is 107 Å². The predicted molar refractivity (Wildman–Crippen MR) is 147 cm³/mol. The minimum Gasteiger partial charge on any atom is -0.495 e. The predicted octanol–water partition coefficient (Wildman–Crippen LogP) is 5.71. The van der Waals surface area contributed by atoms with Gasteiger partial charge in [0.15, 0.2) is 5.13 Å². The summed E-state index contributed by atoms with van der Waals surface area (Å²) in [6.07, 6.45) is 3.66. The first-order valence-electron chi connectivity index (χ1n) is 12.4. The number of methoxy groups -OCH3 is 1. The van der Waals surface area contributed by atoms with Crippen LogP contribution in [0.2, 0.25) is 0 Å². The Morgan fingerprint density at radius 3 is 2.51 bits per heavy atom. The lowest BCUT2D eigenvalue weighted by Crippen LogP contribution is -2.26. The fourth-order valence-corrected chi connectivity index (χ4v) is 6.80. The van der Waals surface area contributed by atoms with Crippen molar-refractivity contribution in [2.24, 2.45) is 11.8 Å². The number of carbonyl (C=O) groups is 1. The van der Waals surface area contributed by atoms with E-state index in [0.717, 1.165) is 53.5 Å². The number of thiazole rings is 1. The highest BCUT2D eigenvalue weighted by atomic mass is 32.2. The molecule has 0 aliphatic heterocycles. The molecule has 0 atom stereocenters. The Labute approximate surface area is 222 Å². The molecule has 0 unspecified atom stereocenters. The Balaban J connectivity index is 1.46. The van der Waals surface area contributed by atoms with E-state index in [2.05, 4.69) is 15.0 Å². The number of nitrogens with one attached hydrogen (secondary N) is 2. The third kappa shape index (κ3) is 6.61. The minimum atomic E-state index is -3.87. The summed E-state index contributed by atoms with van der Waals surface area (Å²) >= 11 is 1.50. The van der Waals surface area contributed by atoms with Crippen LogP contribution in [0.4, 0.5) is 10.8 Å². The first kappa shape index (κ1) is 26.9. The summed E-state index contributed by atoms with van der Waals surface area (Å²) in [5, 5.41) is 4.24. The zero-order valence-corrected chi connectivity index (χ0v) is 23.0. The molecule has 1 fully saturated rings. The number of nitrogens with zero attached hydrogens (tertiary/aromatic N) is 1. The van der Waals surface area contributed by atoms with Crippen molar-refractivity contribution >= 4 is 38.1 Å². The summed E-state index contributed by atoms with van der Waals surface area (Å²) in [5.41, 5.74) is 2.06. The second-order valence-electron chi connectivity index (χ2n) is 9.12. The van der Waals surface area contributed by atoms with Gasteiger partial charge in [-0.15, -0.1) is 0 Å². The number of hydrogen-bond acceptors (Lipinski definition) is 8. The van der Waals surface area contributed by atoms with Gasteiger partial charge in [-0.3, -0.25) is 9.52 Å². The van der Waals surface area contributed by atoms with Crippen molar-refractivity contribution < 1.29 is 22.7 Å². The van der Waals surface area contributed by atoms with Crippen LogP contribution in [0.5, 0.6) is 5.75 Å². The smallest absolute Gasteiger partial charge is 0.308 e. The van der Waals surface area contributed by atoms with Crippen LogP contribution in [0.1, 0.15) is 38.3 Å². The molecule has 1 aliphatic carbocycles. The highest BCUT2D eigenvalue weighted by Crippen LogP contribution is 2.37. The third-order valence-electron chi connectivity index (χ3n) is 6.55. The normalized spacial score (nSPS) is 17.7. The maximum Gasteiger partial charge on any atom is 0.308 e. The number of carbonyl (C=O) groups excluding carboxylic acids is 1. The van der Waals surface area contributed by atoms with Gasteiger partial charge in [-0.2, -0.15) is 0 Å². The maximum atomic E-state index is 13.2. The largest absolute Gasteiger partial charge is 0.495 e. The average molecular weight is 544 g/mol. The lowest BCUT2D eigenvalue weighted by molar-refractivity contribution is -0.149. The van der Waals surface area contributed by atoms with Crippen molar-refractivity contribution in [3.8, 4) is 16.2 Å². The first-order valence-corrected chi connectivity index (χ1v) is 14.7. The molecule has 3 aromatic rings. The van der Waals surface area contributed by atoms with Gasteiger partial charge in [0.05, 0.1) is 30.2 Å². The van der Waals surface area contributed by atoms with Crippen molar-refractivity contribution in [1.29, 1.82) is 0 Å². The zero-order chi connectivity index (χ0) is 26.4. The SMILES string of the molecule is CCOC(=O)[C@H]1CC[C@H](CNc2nc(C)c(-c3ccc(OC)c(S(=O)(=O)Nc4ccccc4)c3)s2)CC1. The van der Waals surface area contributed by atoms with Crippen molar-refractivity contribution in [3.63, 3.8) is 0 Å². The summed E-state index contributed by atoms with van der Waals surface area (Å²) in [4.78, 5) is 17.6. The maximum absolute atomic E-state index is 13.2. The molecule has 0 bridgehead atoms. The first-order chi connectivity index (χ1) is 17.8. The molecule has 8 nitrogen and oxygen atoms in total. The van der Waals surface area contributed by atoms with E-state index in [1.54, 1.807) is 36.4 Å². The molecule has 2 aromatic carbocycles. The molecule has 0 saturated heterocycles. The van der Waals surface area contributed by atoms with Crippen LogP contribution in [0.25, 0.3) is 10.4 Å². The fourth-order valence-electron chi connectivity index (χ4n) is 4.58. The Kier molecular flexibility index (Phi) is 8.71. The number of benzene rings is 2. The number of para-hydroxylation sites is 1. The molecule has 1 aliphatic rings. The lowest BCUT2D eigenvalue weighted by atomic mass is 9.82. The van der Waals surface area contributed by atoms with Gasteiger partial charge in [-0.1, -0.05) is 29.5 Å². The van der Waals surface area contributed by atoms with Crippen molar-refractivity contribution in [2.45, 2.75) is 44.4 Å². The molecular weight excluding hydrogens is 510 g/mol. The molecule has 2 N–H and O–H groups in total. The van der Waals surface area contributed by atoms with Crippen LogP contribution < -0.4 is 14.8 Å². The van der Waals surface area contributed by atoms with Gasteiger partial charge in [-0.05, 0) is 81.3 Å². The second-order valence-corrected chi connectivity index (χ2v) is 11.8. The van der Waals surface area contributed by atoms with E-state index in [0.29, 0.717) is 18.2 Å². The van der Waals surface area contributed by atoms with Gasteiger partial charge in [-0.25, -0.2) is 13.4 Å². The van der Waals surface area contributed by atoms with Gasteiger partial charge >= 0.3 is 5.97 Å². The summed E-state index contributed by atoms with van der Waals surface area (Å²) < 4.78 is 39.5. The van der Waals surface area contributed by atoms with E-state index in [1.807, 2.05) is 26.0 Å². The number of hydrogen-bond donors (Lipinski definition) is 2. The van der Waals surface area contributed by atoms with Crippen molar-refractivity contribution in [3.05, 3.63) is 54.2 Å². The average Bonchev–Trinajstić information content (AvgIpc) is 3.28. The van der Waals surface area contributed by atoms with Crippen molar-refractivity contribution in [2.75, 3.05) is 30.3 Å². The summed E-state index contributed by atoms with van der Waals surface area (Å²) in [7, 11) is -2.42. The number of aromatic nitrogens is 1. The third-order valence-corrected chi connectivity index (χ3v) is 9.11. The molecule has 1 aromatic heterocycles. The Morgan fingerprint density at radius 1 is 1.11 bits per heavy atom. The van der Waals surface area contributed by atoms with Crippen LogP contribution in [0.3, 0.4) is 0 Å². The Hall–Kier alpha value is -3.11. The number of sulfonamides is 1. The van der Waals surface area contributed by atoms with Crippen LogP contribution >= 0.6 is 11.3 Å². The Morgan fingerprint density at radius 2 is 1.84 bits per heavy atom. The van der Waals surface area contributed by atoms with E-state index < -0.39 is 10.0 Å². The number of esters is 1. The van der Waals surface area contributed by atoms with Crippen LogP contribution in [0.15, 0.2) is 53.4 Å². The Bertz CT molecular complexity index is 1320. The zero-order valence-electron chi connectivity index (χ0n) is 21.3. The van der Waals surface area contributed by atoms with Gasteiger partial charge in [0.25, 0.3) is 10.0 Å². The van der Waals surface area contributed by atoms with Crippen LogP contribution in [0, 0.1) is 18.8 Å². The molecule has 0 radical (unpaired) electrons. The second kappa shape index (κ2) is 12.0. The molecule has 0 amide bonds. The van der Waals surface area contributed by atoms with Crippen LogP contribution in [-0.4, -0.2) is 39.6 Å². The molecule has 4 rings (SSSR count). The van der Waals surface area contributed by atoms with Gasteiger partial charge in [0.2, 0.25) is 0 Å². The summed E-state index contributed by atoms with van der Waals surface area (Å²) in [6.45, 7) is 4.97. The molecular formula is C27H33N3O5S2. The monoisotopic (exact) mass is 543 g/mol. The van der Waals surface area contributed by atoms with E-state index in [4.69, 9.17) is 9.47 Å². The molecule has 10 heteroatoms. The van der Waals surface area contributed by atoms with E-state index in [1.165, 1.54) is 18.4 Å². The van der Waals surface area contributed by atoms with E-state index in [9.17, 15) is 13.2 Å². The molecule has 0 spiro atoms. The summed E-state index contributed by atoms with van der Waals surface area (Å²) in [6, 6.07) is 13.9. The lowest BCUT2D eigenvalue weighted by Gasteiger charge is -2.27. The fraction of sp³-hybridized carbons (Fsp3) is 0.407. The molecule has 1 saturated carbocycles. The number of aryl methyl sites for hydroxylation is 1. The van der Waals surface area contributed by atoms with Gasteiger partial charge in [0.1, 0.15) is 10.6 Å². The standard InChI is InChI=1S/C27H33N3O5S2/c1-4-35-26(31)20-12-10-19(11-13-20)17-28-27-29-18(2)25(36-27)21-14-15-23(34-3)24(16-21)37(32,33)30-22-8-6-5-7-9-22/h5-9,14-16,19-20,30H,4,10-13,17H2,1-3H3,(H,28,29)/t19-,20-. The molecule has 198 valence electrons. The summed E-state index contributed by atoms with van der Waals surface area (Å²) in [5.74, 6) is 0.682. The number of rotatable bonds is 10. The van der Waals surface area contributed by atoms with Crippen LogP contribution in [-0.2, 0) is 19.6 Å². The highest BCUT2D eigenvalue weighted by Gasteiger charge is 2.27. The van der Waals surface area contributed by atoms with Gasteiger partial charge < -0.3 is 14.8 Å². The quantitative estimate of drug-likeness (QED) is 0.316. The minimum absolute atomic E-state index is 0.0156. The van der Waals surface area contributed by atoms with E-state index in [-0.39, 0.29) is 22.5 Å². The van der Waals surface area contributed by atoms with E-state index >= 15 is 0 Å².